The Labute approximate surface area is 171 Å². The second-order valence-electron chi connectivity index (χ2n) is 6.89. The van der Waals surface area contributed by atoms with Crippen molar-refractivity contribution in [1.29, 1.82) is 0 Å². The van der Waals surface area contributed by atoms with Crippen LogP contribution in [0, 0.1) is 13.8 Å². The van der Waals surface area contributed by atoms with Crippen molar-refractivity contribution < 1.29 is 14.3 Å². The summed E-state index contributed by atoms with van der Waals surface area (Å²) in [5.41, 5.74) is 4.83. The number of ether oxygens (including phenoxy) is 1. The third-order valence-electron chi connectivity index (χ3n) is 4.49. The van der Waals surface area contributed by atoms with Crippen LogP contribution in [0.15, 0.2) is 67.0 Å². The Hall–Kier alpha value is -3.47. The molecule has 1 aromatic heterocycles. The number of hydrogen-bond donors (Lipinski definition) is 0. The van der Waals surface area contributed by atoms with E-state index in [1.807, 2.05) is 44.2 Å². The van der Waals surface area contributed by atoms with Crippen molar-refractivity contribution in [3.05, 3.63) is 94.8 Å². The molecular formula is C24H24N2O3. The smallest absolute Gasteiger partial charge is 0.338 e. The summed E-state index contributed by atoms with van der Waals surface area (Å²) >= 11 is 0. The van der Waals surface area contributed by atoms with Gasteiger partial charge in [-0.2, -0.15) is 0 Å². The lowest BCUT2D eigenvalue weighted by molar-refractivity contribution is 0.0526. The highest BCUT2D eigenvalue weighted by Crippen LogP contribution is 2.22. The van der Waals surface area contributed by atoms with Crippen LogP contribution in [-0.4, -0.2) is 23.5 Å². The van der Waals surface area contributed by atoms with Gasteiger partial charge < -0.3 is 9.64 Å². The van der Waals surface area contributed by atoms with Gasteiger partial charge in [0, 0.05) is 23.6 Å². The zero-order chi connectivity index (χ0) is 20.8. The minimum Gasteiger partial charge on any atom is -0.462 e. The van der Waals surface area contributed by atoms with Crippen LogP contribution in [0.2, 0.25) is 0 Å². The van der Waals surface area contributed by atoms with Crippen LogP contribution in [-0.2, 0) is 11.3 Å². The molecule has 0 aliphatic heterocycles. The van der Waals surface area contributed by atoms with Crippen LogP contribution in [0.4, 0.5) is 5.69 Å². The Bertz CT molecular complexity index is 978. The molecule has 2 aromatic carbocycles. The topological polar surface area (TPSA) is 59.5 Å². The number of aromatic nitrogens is 1. The number of benzene rings is 2. The first-order valence-corrected chi connectivity index (χ1v) is 9.54. The molecule has 0 fully saturated rings. The number of amides is 1. The molecule has 3 aromatic rings. The number of esters is 1. The number of nitrogens with zero attached hydrogens (tertiary/aromatic N) is 2. The highest BCUT2D eigenvalue weighted by atomic mass is 16.5. The second-order valence-corrected chi connectivity index (χ2v) is 6.89. The maximum atomic E-state index is 13.4. The van der Waals surface area contributed by atoms with E-state index in [2.05, 4.69) is 4.98 Å². The Balaban J connectivity index is 1.96. The Morgan fingerprint density at radius 2 is 1.52 bits per heavy atom. The van der Waals surface area contributed by atoms with Crippen molar-refractivity contribution in [3.63, 3.8) is 0 Å². The summed E-state index contributed by atoms with van der Waals surface area (Å²) in [7, 11) is 0. The van der Waals surface area contributed by atoms with Gasteiger partial charge in [0.2, 0.25) is 0 Å². The van der Waals surface area contributed by atoms with Gasteiger partial charge in [0.05, 0.1) is 18.7 Å². The van der Waals surface area contributed by atoms with E-state index in [4.69, 9.17) is 4.74 Å². The molecule has 0 radical (unpaired) electrons. The molecule has 29 heavy (non-hydrogen) atoms. The number of pyridine rings is 1. The largest absolute Gasteiger partial charge is 0.462 e. The van der Waals surface area contributed by atoms with E-state index >= 15 is 0 Å². The molecular weight excluding hydrogens is 364 g/mol. The summed E-state index contributed by atoms with van der Waals surface area (Å²) in [6.45, 7) is 6.44. The Morgan fingerprint density at radius 3 is 2.10 bits per heavy atom. The summed E-state index contributed by atoms with van der Waals surface area (Å²) in [4.78, 5) is 31.1. The minimum atomic E-state index is -0.375. The van der Waals surface area contributed by atoms with Crippen LogP contribution >= 0.6 is 0 Å². The molecule has 1 amide bonds. The van der Waals surface area contributed by atoms with Crippen molar-refractivity contribution >= 4 is 17.6 Å². The fourth-order valence-corrected chi connectivity index (χ4v) is 3.20. The lowest BCUT2D eigenvalue weighted by Gasteiger charge is -2.24. The van der Waals surface area contributed by atoms with Gasteiger partial charge in [-0.15, -0.1) is 0 Å². The fraction of sp³-hybridized carbons (Fsp3) is 0.208. The van der Waals surface area contributed by atoms with Crippen molar-refractivity contribution in [2.75, 3.05) is 11.5 Å². The van der Waals surface area contributed by atoms with Crippen LogP contribution < -0.4 is 4.90 Å². The molecule has 148 valence electrons. The third-order valence-corrected chi connectivity index (χ3v) is 4.49. The number of anilines is 1. The maximum absolute atomic E-state index is 13.4. The molecule has 0 unspecified atom stereocenters. The van der Waals surface area contributed by atoms with E-state index in [0.29, 0.717) is 30.0 Å². The molecule has 0 N–H and O–H groups in total. The van der Waals surface area contributed by atoms with E-state index in [1.54, 1.807) is 48.5 Å². The molecule has 0 saturated heterocycles. The molecule has 3 rings (SSSR count). The van der Waals surface area contributed by atoms with Crippen molar-refractivity contribution in [3.8, 4) is 0 Å². The number of hydrogen-bond acceptors (Lipinski definition) is 4. The average molecular weight is 388 g/mol. The first-order valence-electron chi connectivity index (χ1n) is 9.54. The maximum Gasteiger partial charge on any atom is 0.338 e. The standard InChI is InChI=1S/C24H24N2O3/c1-4-29-24(28)20-5-7-22(8-6-20)26(16-19-9-11-25-12-10-19)23(27)21-14-17(2)13-18(3)15-21/h5-15H,4,16H2,1-3H3. The van der Waals surface area contributed by atoms with E-state index in [1.165, 1.54) is 0 Å². The van der Waals surface area contributed by atoms with Gasteiger partial charge in [0.25, 0.3) is 5.91 Å². The molecule has 0 atom stereocenters. The predicted molar refractivity (Wildman–Crippen MR) is 113 cm³/mol. The first-order chi connectivity index (χ1) is 14.0. The van der Waals surface area contributed by atoms with E-state index in [-0.39, 0.29) is 11.9 Å². The fourth-order valence-electron chi connectivity index (χ4n) is 3.20. The highest BCUT2D eigenvalue weighted by Gasteiger charge is 2.19. The van der Waals surface area contributed by atoms with Gasteiger partial charge in [0.15, 0.2) is 0 Å². The van der Waals surface area contributed by atoms with Gasteiger partial charge in [-0.25, -0.2) is 4.79 Å². The lowest BCUT2D eigenvalue weighted by Crippen LogP contribution is -2.30. The number of carbonyl (C=O) groups excluding carboxylic acids is 2. The molecule has 0 bridgehead atoms. The number of aryl methyl sites for hydroxylation is 2. The average Bonchev–Trinajstić information content (AvgIpc) is 2.72. The highest BCUT2D eigenvalue weighted by molar-refractivity contribution is 6.06. The molecule has 5 nitrogen and oxygen atoms in total. The first kappa shape index (κ1) is 20.3. The van der Waals surface area contributed by atoms with E-state index in [9.17, 15) is 9.59 Å². The molecule has 5 heteroatoms. The number of carbonyl (C=O) groups is 2. The molecule has 0 aliphatic carbocycles. The normalized spacial score (nSPS) is 10.4. The molecule has 0 saturated carbocycles. The van der Waals surface area contributed by atoms with Crippen LogP contribution in [0.3, 0.4) is 0 Å². The zero-order valence-electron chi connectivity index (χ0n) is 16.9. The predicted octanol–water partition coefficient (Wildman–Crippen LogP) is 4.72. The lowest BCUT2D eigenvalue weighted by atomic mass is 10.1. The van der Waals surface area contributed by atoms with Crippen LogP contribution in [0.25, 0.3) is 0 Å². The summed E-state index contributed by atoms with van der Waals surface area (Å²) < 4.78 is 5.04. The Kier molecular flexibility index (Phi) is 6.39. The number of rotatable bonds is 6. The molecule has 0 aliphatic rings. The van der Waals surface area contributed by atoms with Crippen molar-refractivity contribution in [2.24, 2.45) is 0 Å². The summed E-state index contributed by atoms with van der Waals surface area (Å²) in [5.74, 6) is -0.474. The molecule has 1 heterocycles. The van der Waals surface area contributed by atoms with E-state index < -0.39 is 0 Å². The van der Waals surface area contributed by atoms with Gasteiger partial charge >= 0.3 is 5.97 Å². The Morgan fingerprint density at radius 1 is 0.897 bits per heavy atom. The van der Waals surface area contributed by atoms with Gasteiger partial charge in [-0.05, 0) is 74.9 Å². The van der Waals surface area contributed by atoms with Crippen LogP contribution in [0.5, 0.6) is 0 Å². The monoisotopic (exact) mass is 388 g/mol. The zero-order valence-corrected chi connectivity index (χ0v) is 16.9. The third kappa shape index (κ3) is 5.08. The quantitative estimate of drug-likeness (QED) is 0.573. The molecule has 0 spiro atoms. The van der Waals surface area contributed by atoms with Crippen LogP contribution in [0.1, 0.15) is 44.3 Å². The summed E-state index contributed by atoms with van der Waals surface area (Å²) in [6.07, 6.45) is 3.41. The second kappa shape index (κ2) is 9.15. The summed E-state index contributed by atoms with van der Waals surface area (Å²) in [6, 6.07) is 16.5. The van der Waals surface area contributed by atoms with Crippen molar-refractivity contribution in [1.82, 2.24) is 4.98 Å². The van der Waals surface area contributed by atoms with E-state index in [0.717, 1.165) is 16.7 Å². The minimum absolute atomic E-state index is 0.0995. The van der Waals surface area contributed by atoms with Gasteiger partial charge in [-0.1, -0.05) is 17.2 Å². The van der Waals surface area contributed by atoms with Gasteiger partial charge in [0.1, 0.15) is 0 Å². The summed E-state index contributed by atoms with van der Waals surface area (Å²) in [5, 5.41) is 0. The SMILES string of the molecule is CCOC(=O)c1ccc(N(Cc2ccncc2)C(=O)c2cc(C)cc(C)c2)cc1. The van der Waals surface area contributed by atoms with Gasteiger partial charge in [-0.3, -0.25) is 9.78 Å². The van der Waals surface area contributed by atoms with Crippen molar-refractivity contribution in [2.45, 2.75) is 27.3 Å².